The third-order valence-electron chi connectivity index (χ3n) is 2.20. The van der Waals surface area contributed by atoms with Crippen molar-refractivity contribution < 1.29 is 0 Å². The van der Waals surface area contributed by atoms with Crippen LogP contribution in [0.15, 0.2) is 23.3 Å². The fraction of sp³-hybridized carbons (Fsp3) is 0.500. The molecule has 0 saturated heterocycles. The van der Waals surface area contributed by atoms with Crippen LogP contribution in [0.5, 0.6) is 0 Å². The first-order valence-corrected chi connectivity index (χ1v) is 4.28. The molecule has 0 aromatic rings. The molecule has 2 aliphatic rings. The van der Waals surface area contributed by atoms with Gasteiger partial charge in [0, 0.05) is 11.0 Å². The van der Waals surface area contributed by atoms with Crippen molar-refractivity contribution in [3.05, 3.63) is 23.3 Å². The first-order chi connectivity index (χ1) is 4.77. The average Bonchev–Trinajstić information content (AvgIpc) is 2.28. The van der Waals surface area contributed by atoms with Crippen molar-refractivity contribution >= 4 is 23.2 Å². The molecule has 0 aromatic carbocycles. The maximum Gasteiger partial charge on any atom is 0.0593 e. The van der Waals surface area contributed by atoms with Gasteiger partial charge in [0.15, 0.2) is 0 Å². The maximum absolute atomic E-state index is 5.99. The van der Waals surface area contributed by atoms with Crippen LogP contribution in [-0.4, -0.2) is 5.38 Å². The zero-order valence-corrected chi connectivity index (χ0v) is 6.94. The molecule has 0 heterocycles. The van der Waals surface area contributed by atoms with Gasteiger partial charge in [-0.15, -0.1) is 11.6 Å². The third-order valence-corrected chi connectivity index (χ3v) is 3.05. The van der Waals surface area contributed by atoms with Crippen molar-refractivity contribution in [2.75, 3.05) is 0 Å². The predicted molar refractivity (Wildman–Crippen MR) is 44.3 cm³/mol. The molecule has 10 heavy (non-hydrogen) atoms. The van der Waals surface area contributed by atoms with Crippen LogP contribution < -0.4 is 0 Å². The number of hydrogen-bond acceptors (Lipinski definition) is 0. The molecule has 0 nitrogen and oxygen atoms in total. The molecular formula is C8H8Cl2. The van der Waals surface area contributed by atoms with E-state index < -0.39 is 0 Å². The lowest BCUT2D eigenvalue weighted by atomic mass is 9.94. The topological polar surface area (TPSA) is 0 Å². The molecule has 2 bridgehead atoms. The second kappa shape index (κ2) is 2.28. The minimum atomic E-state index is 0.127. The molecule has 2 heteroatoms. The van der Waals surface area contributed by atoms with Gasteiger partial charge in [0.05, 0.1) is 5.38 Å². The maximum atomic E-state index is 5.99. The molecule has 1 unspecified atom stereocenters. The van der Waals surface area contributed by atoms with E-state index in [9.17, 15) is 0 Å². The van der Waals surface area contributed by atoms with E-state index in [1.807, 2.05) is 6.08 Å². The Bertz CT molecular complexity index is 205. The SMILES string of the molecule is ClC1=CC(Cl)[C@@H]2C=C[C@H]1C2. The molecule has 2 rings (SSSR count). The van der Waals surface area contributed by atoms with Crippen molar-refractivity contribution in [3.63, 3.8) is 0 Å². The highest BCUT2D eigenvalue weighted by molar-refractivity contribution is 6.31. The van der Waals surface area contributed by atoms with Gasteiger partial charge in [-0.2, -0.15) is 0 Å². The van der Waals surface area contributed by atoms with Crippen molar-refractivity contribution in [2.45, 2.75) is 11.8 Å². The summed E-state index contributed by atoms with van der Waals surface area (Å²) in [6.07, 6.45) is 7.41. The van der Waals surface area contributed by atoms with Gasteiger partial charge >= 0.3 is 0 Å². The quantitative estimate of drug-likeness (QED) is 0.392. The molecule has 2 aliphatic carbocycles. The lowest BCUT2D eigenvalue weighted by molar-refractivity contribution is 0.560. The molecule has 0 amide bonds. The number of halogens is 2. The Morgan fingerprint density at radius 2 is 2.20 bits per heavy atom. The van der Waals surface area contributed by atoms with Crippen molar-refractivity contribution in [2.24, 2.45) is 11.8 Å². The van der Waals surface area contributed by atoms with Crippen LogP contribution in [0.1, 0.15) is 6.42 Å². The van der Waals surface area contributed by atoms with E-state index in [4.69, 9.17) is 23.2 Å². The fourth-order valence-electron chi connectivity index (χ4n) is 1.57. The van der Waals surface area contributed by atoms with Gasteiger partial charge in [0.25, 0.3) is 0 Å². The molecule has 0 N–H and O–H groups in total. The molecule has 0 fully saturated rings. The largest absolute Gasteiger partial charge is 0.118 e. The summed E-state index contributed by atoms with van der Waals surface area (Å²) >= 11 is 11.9. The number of rotatable bonds is 0. The highest BCUT2D eigenvalue weighted by Gasteiger charge is 2.30. The zero-order chi connectivity index (χ0) is 7.14. The highest BCUT2D eigenvalue weighted by Crippen LogP contribution is 2.40. The Kier molecular flexibility index (Phi) is 1.54. The first kappa shape index (κ1) is 6.75. The Morgan fingerprint density at radius 1 is 1.40 bits per heavy atom. The molecular weight excluding hydrogens is 167 g/mol. The van der Waals surface area contributed by atoms with E-state index in [1.165, 1.54) is 0 Å². The van der Waals surface area contributed by atoms with E-state index in [2.05, 4.69) is 12.2 Å². The van der Waals surface area contributed by atoms with Gasteiger partial charge in [-0.05, 0) is 12.3 Å². The van der Waals surface area contributed by atoms with E-state index in [1.54, 1.807) is 0 Å². The van der Waals surface area contributed by atoms with Crippen LogP contribution in [0.25, 0.3) is 0 Å². The summed E-state index contributed by atoms with van der Waals surface area (Å²) in [5.74, 6) is 1.01. The second-order valence-corrected chi connectivity index (χ2v) is 3.83. The highest BCUT2D eigenvalue weighted by atomic mass is 35.5. The Labute approximate surface area is 70.5 Å². The smallest absolute Gasteiger partial charge is 0.0593 e. The summed E-state index contributed by atoms with van der Waals surface area (Å²) in [7, 11) is 0. The van der Waals surface area contributed by atoms with Gasteiger partial charge in [0.2, 0.25) is 0 Å². The minimum Gasteiger partial charge on any atom is -0.118 e. The predicted octanol–water partition coefficient (Wildman–Crippen LogP) is 2.92. The molecule has 54 valence electrons. The second-order valence-electron chi connectivity index (χ2n) is 2.89. The summed E-state index contributed by atoms with van der Waals surface area (Å²) in [4.78, 5) is 0. The van der Waals surface area contributed by atoms with Crippen molar-refractivity contribution in [1.29, 1.82) is 0 Å². The summed E-state index contributed by atoms with van der Waals surface area (Å²) in [6, 6.07) is 0. The zero-order valence-electron chi connectivity index (χ0n) is 5.43. The molecule has 3 atom stereocenters. The van der Waals surface area contributed by atoms with Gasteiger partial charge in [0.1, 0.15) is 0 Å². The molecule has 0 spiro atoms. The normalized spacial score (nSPS) is 43.8. The van der Waals surface area contributed by atoms with Gasteiger partial charge < -0.3 is 0 Å². The molecule has 0 aliphatic heterocycles. The summed E-state index contributed by atoms with van der Waals surface area (Å²) < 4.78 is 0. The molecule has 0 aromatic heterocycles. The lowest BCUT2D eigenvalue weighted by Gasteiger charge is -2.20. The van der Waals surface area contributed by atoms with Crippen LogP contribution in [0.4, 0.5) is 0 Å². The Hall–Kier alpha value is 0.0600. The fourth-order valence-corrected chi connectivity index (χ4v) is 2.25. The Morgan fingerprint density at radius 3 is 3.00 bits per heavy atom. The van der Waals surface area contributed by atoms with Crippen molar-refractivity contribution in [1.82, 2.24) is 0 Å². The average molecular weight is 175 g/mol. The molecule has 0 radical (unpaired) electrons. The summed E-state index contributed by atoms with van der Waals surface area (Å²) in [5.41, 5.74) is 0. The number of alkyl halides is 1. The minimum absolute atomic E-state index is 0.127. The van der Waals surface area contributed by atoms with Gasteiger partial charge in [-0.1, -0.05) is 29.8 Å². The van der Waals surface area contributed by atoms with Gasteiger partial charge in [-0.25, -0.2) is 0 Å². The van der Waals surface area contributed by atoms with Crippen LogP contribution in [0, 0.1) is 11.8 Å². The third kappa shape index (κ3) is 0.906. The van der Waals surface area contributed by atoms with Crippen LogP contribution in [0.2, 0.25) is 0 Å². The standard InChI is InChI=1S/C8H8Cl2/c9-7-4-8(10)6-2-1-5(7)3-6/h1-2,4-7H,3H2/t5-,6+,7?/m1/s1. The number of allylic oxidation sites excluding steroid dienone is 4. The van der Waals surface area contributed by atoms with E-state index in [0.717, 1.165) is 11.5 Å². The van der Waals surface area contributed by atoms with E-state index >= 15 is 0 Å². The van der Waals surface area contributed by atoms with Crippen LogP contribution in [-0.2, 0) is 0 Å². The van der Waals surface area contributed by atoms with Crippen LogP contribution >= 0.6 is 23.2 Å². The van der Waals surface area contributed by atoms with E-state index in [0.29, 0.717) is 11.8 Å². The number of hydrogen-bond donors (Lipinski definition) is 0. The monoisotopic (exact) mass is 174 g/mol. The Balaban J connectivity index is 2.33. The lowest BCUT2D eigenvalue weighted by Crippen LogP contribution is -2.15. The number of fused-ring (bicyclic) bond motifs is 2. The van der Waals surface area contributed by atoms with Crippen LogP contribution in [0.3, 0.4) is 0 Å². The van der Waals surface area contributed by atoms with E-state index in [-0.39, 0.29) is 5.38 Å². The summed E-state index contributed by atoms with van der Waals surface area (Å²) in [6.45, 7) is 0. The van der Waals surface area contributed by atoms with Gasteiger partial charge in [-0.3, -0.25) is 0 Å². The first-order valence-electron chi connectivity index (χ1n) is 3.47. The van der Waals surface area contributed by atoms with Crippen molar-refractivity contribution in [3.8, 4) is 0 Å². The molecule has 0 saturated carbocycles. The summed E-state index contributed by atoms with van der Waals surface area (Å²) in [5, 5.41) is 1.05.